The van der Waals surface area contributed by atoms with Crippen LogP contribution in [0.3, 0.4) is 0 Å². The summed E-state index contributed by atoms with van der Waals surface area (Å²) in [5.74, 6) is 1.29. The fourth-order valence-electron chi connectivity index (χ4n) is 2.94. The number of esters is 1. The van der Waals surface area contributed by atoms with Gasteiger partial charge in [-0.2, -0.15) is 0 Å². The third-order valence-corrected chi connectivity index (χ3v) is 4.43. The van der Waals surface area contributed by atoms with E-state index in [2.05, 4.69) is 20.8 Å². The zero-order chi connectivity index (χ0) is 13.9. The number of benzene rings is 1. The molecule has 2 atom stereocenters. The minimum atomic E-state index is -0.274. The van der Waals surface area contributed by atoms with Gasteiger partial charge in [0.2, 0.25) is 0 Å². The minimum absolute atomic E-state index is 0.0282. The molecule has 2 heteroatoms. The van der Waals surface area contributed by atoms with Gasteiger partial charge < -0.3 is 4.74 Å². The Hall–Kier alpha value is -1.31. The Morgan fingerprint density at radius 2 is 2.05 bits per heavy atom. The summed E-state index contributed by atoms with van der Waals surface area (Å²) in [4.78, 5) is 12.3. The molecule has 19 heavy (non-hydrogen) atoms. The molecule has 104 valence electrons. The third kappa shape index (κ3) is 3.37. The number of ether oxygens (including phenoxy) is 1. The lowest BCUT2D eigenvalue weighted by Gasteiger charge is -2.23. The van der Waals surface area contributed by atoms with Gasteiger partial charge in [0.1, 0.15) is 6.61 Å². The third-order valence-electron chi connectivity index (χ3n) is 4.43. The van der Waals surface area contributed by atoms with E-state index >= 15 is 0 Å². The average Bonchev–Trinajstić information content (AvgIpc) is 2.81. The highest BCUT2D eigenvalue weighted by molar-refractivity contribution is 5.76. The molecule has 2 rings (SSSR count). The fourth-order valence-corrected chi connectivity index (χ4v) is 2.94. The van der Waals surface area contributed by atoms with Gasteiger partial charge in [-0.1, -0.05) is 44.2 Å². The predicted molar refractivity (Wildman–Crippen MR) is 76.5 cm³/mol. The topological polar surface area (TPSA) is 26.3 Å². The summed E-state index contributed by atoms with van der Waals surface area (Å²) in [6.07, 6.45) is 3.08. The molecular formula is C17H24O2. The second-order valence-electron chi connectivity index (χ2n) is 6.37. The molecule has 1 aliphatic carbocycles. The molecule has 0 spiro atoms. The average molecular weight is 260 g/mol. The lowest BCUT2D eigenvalue weighted by molar-refractivity contribution is -0.156. The van der Waals surface area contributed by atoms with Gasteiger partial charge in [-0.3, -0.25) is 4.79 Å². The predicted octanol–water partition coefficient (Wildman–Crippen LogP) is 4.19. The summed E-state index contributed by atoms with van der Waals surface area (Å²) in [6.45, 7) is 6.93. The maximum Gasteiger partial charge on any atom is 0.312 e. The van der Waals surface area contributed by atoms with Crippen LogP contribution >= 0.6 is 0 Å². The molecule has 0 saturated heterocycles. The Morgan fingerprint density at radius 3 is 2.63 bits per heavy atom. The van der Waals surface area contributed by atoms with Gasteiger partial charge in [0.05, 0.1) is 5.41 Å². The number of carbonyl (C=O) groups excluding carboxylic acids is 1. The smallest absolute Gasteiger partial charge is 0.312 e. The fraction of sp³-hybridized carbons (Fsp3) is 0.588. The summed E-state index contributed by atoms with van der Waals surface area (Å²) in [6, 6.07) is 9.88. The minimum Gasteiger partial charge on any atom is -0.460 e. The molecular weight excluding hydrogens is 236 g/mol. The van der Waals surface area contributed by atoms with E-state index in [4.69, 9.17) is 4.74 Å². The molecule has 0 aromatic heterocycles. The highest BCUT2D eigenvalue weighted by Crippen LogP contribution is 2.45. The van der Waals surface area contributed by atoms with Gasteiger partial charge in [0, 0.05) is 0 Å². The van der Waals surface area contributed by atoms with Crippen LogP contribution in [0.2, 0.25) is 0 Å². The standard InChI is InChI=1S/C17H24O2/c1-13(2)15-9-10-17(3,11-15)16(18)19-12-14-7-5-4-6-8-14/h4-8,13,15H,9-12H2,1-3H3. The number of rotatable bonds is 4. The van der Waals surface area contributed by atoms with Crippen LogP contribution in [0.1, 0.15) is 45.6 Å². The van der Waals surface area contributed by atoms with Crippen LogP contribution in [-0.4, -0.2) is 5.97 Å². The summed E-state index contributed by atoms with van der Waals surface area (Å²) >= 11 is 0. The molecule has 0 bridgehead atoms. The van der Waals surface area contributed by atoms with Gasteiger partial charge in [0.25, 0.3) is 0 Å². The Balaban J connectivity index is 1.90. The highest BCUT2D eigenvalue weighted by atomic mass is 16.5. The second kappa shape index (κ2) is 5.77. The quantitative estimate of drug-likeness (QED) is 0.759. The van der Waals surface area contributed by atoms with Crippen molar-refractivity contribution in [1.29, 1.82) is 0 Å². The van der Waals surface area contributed by atoms with Crippen molar-refractivity contribution < 1.29 is 9.53 Å². The molecule has 1 aromatic rings. The summed E-state index contributed by atoms with van der Waals surface area (Å²) < 4.78 is 5.50. The number of hydrogen-bond acceptors (Lipinski definition) is 2. The Labute approximate surface area is 116 Å². The van der Waals surface area contributed by atoms with Crippen molar-refractivity contribution in [3.63, 3.8) is 0 Å². The molecule has 2 unspecified atom stereocenters. The maximum atomic E-state index is 12.3. The monoisotopic (exact) mass is 260 g/mol. The molecule has 1 fully saturated rings. The lowest BCUT2D eigenvalue weighted by atomic mass is 9.85. The van der Waals surface area contributed by atoms with Crippen LogP contribution in [0.4, 0.5) is 0 Å². The lowest BCUT2D eigenvalue weighted by Crippen LogP contribution is -2.27. The van der Waals surface area contributed by atoms with Gasteiger partial charge in [-0.25, -0.2) is 0 Å². The van der Waals surface area contributed by atoms with Crippen LogP contribution in [0.15, 0.2) is 30.3 Å². The van der Waals surface area contributed by atoms with Crippen LogP contribution in [0.25, 0.3) is 0 Å². The molecule has 0 heterocycles. The highest BCUT2D eigenvalue weighted by Gasteiger charge is 2.43. The number of hydrogen-bond donors (Lipinski definition) is 0. The van der Waals surface area contributed by atoms with Crippen LogP contribution in [0, 0.1) is 17.3 Å². The van der Waals surface area contributed by atoms with Crippen molar-refractivity contribution in [1.82, 2.24) is 0 Å². The zero-order valence-corrected chi connectivity index (χ0v) is 12.2. The molecule has 0 amide bonds. The Kier molecular flexibility index (Phi) is 4.28. The van der Waals surface area contributed by atoms with Crippen molar-refractivity contribution >= 4 is 5.97 Å². The van der Waals surface area contributed by atoms with E-state index in [0.29, 0.717) is 18.4 Å². The van der Waals surface area contributed by atoms with Crippen molar-refractivity contribution in [3.05, 3.63) is 35.9 Å². The largest absolute Gasteiger partial charge is 0.460 e. The van der Waals surface area contributed by atoms with Gasteiger partial charge in [-0.05, 0) is 43.6 Å². The van der Waals surface area contributed by atoms with E-state index in [9.17, 15) is 4.79 Å². The van der Waals surface area contributed by atoms with Gasteiger partial charge in [-0.15, -0.1) is 0 Å². The van der Waals surface area contributed by atoms with E-state index in [1.54, 1.807) is 0 Å². The SMILES string of the molecule is CC(C)C1CCC(C)(C(=O)OCc2ccccc2)C1. The molecule has 1 aliphatic rings. The molecule has 0 N–H and O–H groups in total. The summed E-state index contributed by atoms with van der Waals surface area (Å²) in [5.41, 5.74) is 0.779. The molecule has 2 nitrogen and oxygen atoms in total. The van der Waals surface area contributed by atoms with Crippen molar-refractivity contribution in [2.24, 2.45) is 17.3 Å². The molecule has 1 saturated carbocycles. The summed E-state index contributed by atoms with van der Waals surface area (Å²) in [7, 11) is 0. The first-order chi connectivity index (χ1) is 9.01. The van der Waals surface area contributed by atoms with Crippen molar-refractivity contribution in [3.8, 4) is 0 Å². The van der Waals surface area contributed by atoms with Gasteiger partial charge >= 0.3 is 5.97 Å². The first-order valence-electron chi connectivity index (χ1n) is 7.22. The molecule has 1 aromatic carbocycles. The van der Waals surface area contributed by atoms with Crippen molar-refractivity contribution in [2.75, 3.05) is 0 Å². The van der Waals surface area contributed by atoms with Gasteiger partial charge in [0.15, 0.2) is 0 Å². The Bertz CT molecular complexity index is 424. The summed E-state index contributed by atoms with van der Waals surface area (Å²) in [5, 5.41) is 0. The normalized spacial score (nSPS) is 26.6. The van der Waals surface area contributed by atoms with E-state index in [1.165, 1.54) is 0 Å². The van der Waals surface area contributed by atoms with Crippen molar-refractivity contribution in [2.45, 2.75) is 46.6 Å². The first-order valence-corrected chi connectivity index (χ1v) is 7.22. The van der Waals surface area contributed by atoms with E-state index < -0.39 is 0 Å². The van der Waals surface area contributed by atoms with E-state index in [0.717, 1.165) is 24.8 Å². The second-order valence-corrected chi connectivity index (χ2v) is 6.37. The number of carbonyl (C=O) groups is 1. The van der Waals surface area contributed by atoms with Crippen LogP contribution in [-0.2, 0) is 16.1 Å². The van der Waals surface area contributed by atoms with Crippen LogP contribution in [0.5, 0.6) is 0 Å². The first kappa shape index (κ1) is 14.1. The maximum absolute atomic E-state index is 12.3. The molecule has 0 radical (unpaired) electrons. The van der Waals surface area contributed by atoms with E-state index in [1.807, 2.05) is 30.3 Å². The molecule has 0 aliphatic heterocycles. The van der Waals surface area contributed by atoms with Crippen LogP contribution < -0.4 is 0 Å². The Morgan fingerprint density at radius 1 is 1.37 bits per heavy atom. The zero-order valence-electron chi connectivity index (χ0n) is 12.2. The van der Waals surface area contributed by atoms with E-state index in [-0.39, 0.29) is 11.4 Å².